The third kappa shape index (κ3) is 3.02. The van der Waals surface area contributed by atoms with Gasteiger partial charge in [0.25, 0.3) is 0 Å². The van der Waals surface area contributed by atoms with Crippen molar-refractivity contribution < 1.29 is 10.2 Å². The van der Waals surface area contributed by atoms with Crippen molar-refractivity contribution in [2.45, 2.75) is 10.9 Å². The topological polar surface area (TPSA) is 40.5 Å². The second-order valence-electron chi connectivity index (χ2n) is 1.42. The quantitative estimate of drug-likeness (QED) is 0.714. The molecule has 0 aliphatic heterocycles. The van der Waals surface area contributed by atoms with Crippen LogP contribution in [0.3, 0.4) is 0 Å². The minimum absolute atomic E-state index is 0.0350. The van der Waals surface area contributed by atoms with Gasteiger partial charge in [0.15, 0.2) is 0 Å². The molecule has 0 aromatic rings. The number of aliphatic hydroxyl groups is 2. The molecular formula is C4H8Br2O2. The van der Waals surface area contributed by atoms with Gasteiger partial charge in [0.1, 0.15) is 0 Å². The molecule has 0 aliphatic rings. The predicted molar refractivity (Wildman–Crippen MR) is 39.6 cm³/mol. The third-order valence-electron chi connectivity index (χ3n) is 0.750. The minimum Gasteiger partial charge on any atom is -0.395 e. The van der Waals surface area contributed by atoms with Crippen LogP contribution in [0.25, 0.3) is 0 Å². The molecule has 0 radical (unpaired) electrons. The van der Waals surface area contributed by atoms with E-state index in [-0.39, 0.29) is 11.4 Å². The molecule has 4 heteroatoms. The highest BCUT2D eigenvalue weighted by atomic mass is 79.9. The van der Waals surface area contributed by atoms with E-state index in [9.17, 15) is 0 Å². The van der Waals surface area contributed by atoms with E-state index in [4.69, 9.17) is 10.2 Å². The SMILES string of the molecule is OCC(Br)C(O)CBr. The summed E-state index contributed by atoms with van der Waals surface area (Å²) in [6, 6.07) is 0. The van der Waals surface area contributed by atoms with Crippen LogP contribution in [-0.2, 0) is 0 Å². The van der Waals surface area contributed by atoms with E-state index in [0.717, 1.165) is 0 Å². The molecule has 0 aromatic heterocycles. The van der Waals surface area contributed by atoms with Crippen LogP contribution in [0.2, 0.25) is 0 Å². The van der Waals surface area contributed by atoms with Gasteiger partial charge in [0.2, 0.25) is 0 Å². The lowest BCUT2D eigenvalue weighted by Crippen LogP contribution is -2.24. The average Bonchev–Trinajstić information content (AvgIpc) is 1.84. The van der Waals surface area contributed by atoms with Crippen molar-refractivity contribution in [1.29, 1.82) is 0 Å². The first-order valence-corrected chi connectivity index (χ1v) is 4.25. The van der Waals surface area contributed by atoms with Crippen LogP contribution in [0.5, 0.6) is 0 Å². The van der Waals surface area contributed by atoms with Crippen molar-refractivity contribution in [1.82, 2.24) is 0 Å². The van der Waals surface area contributed by atoms with Gasteiger partial charge in [-0.25, -0.2) is 0 Å². The van der Waals surface area contributed by atoms with Crippen LogP contribution >= 0.6 is 31.9 Å². The van der Waals surface area contributed by atoms with Gasteiger partial charge in [-0.1, -0.05) is 31.9 Å². The van der Waals surface area contributed by atoms with Crippen LogP contribution in [0.4, 0.5) is 0 Å². The molecule has 50 valence electrons. The summed E-state index contributed by atoms with van der Waals surface area (Å²) in [5, 5.41) is 17.8. The first-order chi connectivity index (χ1) is 3.72. The van der Waals surface area contributed by atoms with E-state index in [1.165, 1.54) is 0 Å². The molecule has 0 rings (SSSR count). The van der Waals surface area contributed by atoms with Crippen LogP contribution in [0, 0.1) is 0 Å². The normalized spacial score (nSPS) is 18.0. The molecule has 0 saturated carbocycles. The average molecular weight is 248 g/mol. The zero-order chi connectivity index (χ0) is 6.57. The lowest BCUT2D eigenvalue weighted by Gasteiger charge is -2.10. The van der Waals surface area contributed by atoms with E-state index in [1.54, 1.807) is 0 Å². The van der Waals surface area contributed by atoms with Gasteiger partial charge in [-0.05, 0) is 0 Å². The molecule has 2 unspecified atom stereocenters. The summed E-state index contributed by atoms with van der Waals surface area (Å²) in [7, 11) is 0. The maximum absolute atomic E-state index is 8.87. The Morgan fingerprint density at radius 1 is 1.50 bits per heavy atom. The van der Waals surface area contributed by atoms with Crippen LogP contribution in [0.1, 0.15) is 0 Å². The Bertz CT molecular complexity index is 52.0. The summed E-state index contributed by atoms with van der Waals surface area (Å²) in [5.74, 6) is 0. The smallest absolute Gasteiger partial charge is 0.0784 e. The molecule has 2 N–H and O–H groups in total. The molecule has 2 atom stereocenters. The Morgan fingerprint density at radius 2 is 2.00 bits per heavy atom. The first-order valence-electron chi connectivity index (χ1n) is 2.21. The summed E-state index contributed by atoms with van der Waals surface area (Å²) in [6.45, 7) is -0.0350. The molecule has 0 aromatic carbocycles. The van der Waals surface area contributed by atoms with E-state index in [1.807, 2.05) is 0 Å². The number of hydrogen-bond acceptors (Lipinski definition) is 2. The molecule has 0 bridgehead atoms. The van der Waals surface area contributed by atoms with Gasteiger partial charge in [0.05, 0.1) is 17.5 Å². The van der Waals surface area contributed by atoms with Crippen LogP contribution in [0.15, 0.2) is 0 Å². The maximum Gasteiger partial charge on any atom is 0.0784 e. The van der Waals surface area contributed by atoms with E-state index in [2.05, 4.69) is 31.9 Å². The fourth-order valence-corrected chi connectivity index (χ4v) is 1.36. The van der Waals surface area contributed by atoms with Crippen molar-refractivity contribution in [3.63, 3.8) is 0 Å². The molecular weight excluding hydrogens is 240 g/mol. The number of aliphatic hydroxyl groups excluding tert-OH is 2. The minimum atomic E-state index is -0.500. The molecule has 8 heavy (non-hydrogen) atoms. The van der Waals surface area contributed by atoms with Gasteiger partial charge in [-0.3, -0.25) is 0 Å². The highest BCUT2D eigenvalue weighted by molar-refractivity contribution is 9.10. The van der Waals surface area contributed by atoms with Crippen molar-refractivity contribution in [2.24, 2.45) is 0 Å². The second-order valence-corrected chi connectivity index (χ2v) is 3.24. The molecule has 0 heterocycles. The van der Waals surface area contributed by atoms with E-state index in [0.29, 0.717) is 5.33 Å². The first kappa shape index (κ1) is 8.88. The number of halogens is 2. The van der Waals surface area contributed by atoms with E-state index >= 15 is 0 Å². The Kier molecular flexibility index (Phi) is 5.25. The molecule has 0 fully saturated rings. The summed E-state index contributed by atoms with van der Waals surface area (Å²) < 4.78 is 0. The fraction of sp³-hybridized carbons (Fsp3) is 1.00. The van der Waals surface area contributed by atoms with Crippen LogP contribution in [-0.4, -0.2) is 33.1 Å². The summed E-state index contributed by atoms with van der Waals surface area (Å²) in [4.78, 5) is -0.207. The zero-order valence-electron chi connectivity index (χ0n) is 4.22. The maximum atomic E-state index is 8.87. The predicted octanol–water partition coefficient (Wildman–Crippen LogP) is 0.498. The number of alkyl halides is 2. The van der Waals surface area contributed by atoms with Gasteiger partial charge in [-0.15, -0.1) is 0 Å². The highest BCUT2D eigenvalue weighted by Gasteiger charge is 2.11. The van der Waals surface area contributed by atoms with Gasteiger partial charge in [-0.2, -0.15) is 0 Å². The third-order valence-corrected chi connectivity index (χ3v) is 2.31. The van der Waals surface area contributed by atoms with Gasteiger partial charge < -0.3 is 10.2 Å². The molecule has 0 spiro atoms. The Hall–Kier alpha value is 0.880. The Labute approximate surface area is 65.2 Å². The summed E-state index contributed by atoms with van der Waals surface area (Å²) >= 11 is 6.14. The van der Waals surface area contributed by atoms with Crippen molar-refractivity contribution in [3.8, 4) is 0 Å². The molecule has 0 amide bonds. The summed E-state index contributed by atoms with van der Waals surface area (Å²) in [6.07, 6.45) is -0.500. The van der Waals surface area contributed by atoms with Gasteiger partial charge >= 0.3 is 0 Å². The lowest BCUT2D eigenvalue weighted by molar-refractivity contribution is 0.163. The Morgan fingerprint density at radius 3 is 2.12 bits per heavy atom. The summed E-state index contributed by atoms with van der Waals surface area (Å²) in [5.41, 5.74) is 0. The molecule has 2 nitrogen and oxygen atoms in total. The van der Waals surface area contributed by atoms with E-state index < -0.39 is 6.10 Å². The number of hydrogen-bond donors (Lipinski definition) is 2. The van der Waals surface area contributed by atoms with Gasteiger partial charge in [0, 0.05) is 5.33 Å². The molecule has 0 aliphatic carbocycles. The largest absolute Gasteiger partial charge is 0.395 e. The second kappa shape index (κ2) is 4.73. The van der Waals surface area contributed by atoms with Crippen molar-refractivity contribution in [2.75, 3.05) is 11.9 Å². The number of rotatable bonds is 3. The Balaban J connectivity index is 3.29. The van der Waals surface area contributed by atoms with Crippen LogP contribution < -0.4 is 0 Å². The fourth-order valence-electron chi connectivity index (χ4n) is 0.218. The lowest BCUT2D eigenvalue weighted by atomic mass is 10.3. The highest BCUT2D eigenvalue weighted by Crippen LogP contribution is 2.06. The molecule has 0 saturated heterocycles. The monoisotopic (exact) mass is 246 g/mol. The van der Waals surface area contributed by atoms with Crippen molar-refractivity contribution in [3.05, 3.63) is 0 Å². The van der Waals surface area contributed by atoms with Crippen molar-refractivity contribution >= 4 is 31.9 Å². The zero-order valence-corrected chi connectivity index (χ0v) is 7.39. The standard InChI is InChI=1S/C4H8Br2O2/c5-1-4(8)3(6)2-7/h3-4,7-8H,1-2H2.